The summed E-state index contributed by atoms with van der Waals surface area (Å²) < 4.78 is 2.17. The summed E-state index contributed by atoms with van der Waals surface area (Å²) >= 11 is 0. The van der Waals surface area contributed by atoms with Crippen molar-refractivity contribution in [1.82, 2.24) is 4.98 Å². The van der Waals surface area contributed by atoms with Crippen LogP contribution in [-0.4, -0.2) is 22.5 Å². The number of carbonyl (C=O) groups excluding carboxylic acids is 1. The molecule has 5 heteroatoms. The van der Waals surface area contributed by atoms with Gasteiger partial charge in [-0.05, 0) is 18.4 Å². The third-order valence-electron chi connectivity index (χ3n) is 5.81. The van der Waals surface area contributed by atoms with E-state index in [-0.39, 0.29) is 36.6 Å². The van der Waals surface area contributed by atoms with Crippen molar-refractivity contribution in [2.24, 2.45) is 11.8 Å². The van der Waals surface area contributed by atoms with E-state index < -0.39 is 0 Å². The maximum Gasteiger partial charge on any atom is 0.273 e. The van der Waals surface area contributed by atoms with Crippen molar-refractivity contribution in [3.63, 3.8) is 0 Å². The van der Waals surface area contributed by atoms with E-state index in [9.17, 15) is 9.90 Å². The molecule has 0 radical (unpaired) electrons. The number of nitrogens with one attached hydrogen (secondary N) is 1. The molecule has 2 aromatic heterocycles. The minimum atomic E-state index is -0.0317. The molecule has 1 aliphatic carbocycles. The monoisotopic (exact) mass is 342 g/mol. The smallest absolute Gasteiger partial charge is 0.273 e. The molecule has 3 aromatic rings. The number of hydrogen-bond donors (Lipinski definition) is 2. The number of H-pyrrole nitrogens is 1. The molecule has 4 nitrogen and oxygen atoms in total. The van der Waals surface area contributed by atoms with Crippen molar-refractivity contribution in [3.8, 4) is 0 Å². The first kappa shape index (κ1) is 15.6. The van der Waals surface area contributed by atoms with Crippen molar-refractivity contribution in [2.75, 3.05) is 6.61 Å². The fourth-order valence-electron chi connectivity index (χ4n) is 4.62. The van der Waals surface area contributed by atoms with Gasteiger partial charge in [-0.25, -0.2) is 0 Å². The average molecular weight is 343 g/mol. The minimum absolute atomic E-state index is 0. The molecule has 2 N–H and O–H groups in total. The van der Waals surface area contributed by atoms with Gasteiger partial charge in [0.15, 0.2) is 12.2 Å². The third kappa shape index (κ3) is 1.96. The highest BCUT2D eigenvalue weighted by atomic mass is 35.5. The van der Waals surface area contributed by atoms with Crippen LogP contribution in [0.4, 0.5) is 0 Å². The van der Waals surface area contributed by atoms with Gasteiger partial charge in [0, 0.05) is 47.7 Å². The lowest BCUT2D eigenvalue weighted by Crippen LogP contribution is -3.00. The molecule has 0 amide bonds. The Morgan fingerprint density at radius 1 is 1.17 bits per heavy atom. The van der Waals surface area contributed by atoms with Crippen LogP contribution in [0.5, 0.6) is 0 Å². The number of Topliss-reactive ketones (excluding diaryl/α,β-unsaturated/α-hetero) is 1. The van der Waals surface area contributed by atoms with Crippen LogP contribution in [0.15, 0.2) is 36.5 Å². The Kier molecular flexibility index (Phi) is 3.62. The second-order valence-electron chi connectivity index (χ2n) is 6.91. The molecule has 5 rings (SSSR count). The van der Waals surface area contributed by atoms with Crippen LogP contribution in [0, 0.1) is 11.8 Å². The van der Waals surface area contributed by atoms with E-state index in [1.807, 2.05) is 12.1 Å². The van der Waals surface area contributed by atoms with Crippen LogP contribution in [0.2, 0.25) is 0 Å². The van der Waals surface area contributed by atoms with Crippen molar-refractivity contribution in [2.45, 2.75) is 25.3 Å². The Bertz CT molecular complexity index is 949. The lowest BCUT2D eigenvalue weighted by molar-refractivity contribution is -0.731. The predicted octanol–water partition coefficient (Wildman–Crippen LogP) is -0.241. The van der Waals surface area contributed by atoms with Gasteiger partial charge in [-0.15, -0.1) is 0 Å². The number of aliphatic hydroxyl groups is 1. The highest BCUT2D eigenvalue weighted by Crippen LogP contribution is 2.40. The Morgan fingerprint density at radius 2 is 2.00 bits per heavy atom. The van der Waals surface area contributed by atoms with Crippen LogP contribution >= 0.6 is 0 Å². The lowest BCUT2D eigenvalue weighted by atomic mass is 9.71. The van der Waals surface area contributed by atoms with Crippen molar-refractivity contribution in [1.29, 1.82) is 0 Å². The first-order valence-corrected chi connectivity index (χ1v) is 8.37. The van der Waals surface area contributed by atoms with Crippen LogP contribution in [-0.2, 0) is 0 Å². The molecule has 0 unspecified atom stereocenters. The lowest BCUT2D eigenvalue weighted by Gasteiger charge is -2.35. The van der Waals surface area contributed by atoms with Gasteiger partial charge >= 0.3 is 0 Å². The van der Waals surface area contributed by atoms with Crippen molar-refractivity contribution in [3.05, 3.63) is 42.2 Å². The standard InChI is InChI=1S/C19H18N2O2.ClH/c22-10-11-5-6-12-9-15(11)19(23)18-17-14(7-8-21(12)18)13-3-1-2-4-16(13)20-17;/h1-4,7-8,11-12,15,22H,5-6,9-10H2;1H/t11-,12-,15-;/m1./s1. The molecule has 0 spiro atoms. The second-order valence-corrected chi connectivity index (χ2v) is 6.91. The summed E-state index contributed by atoms with van der Waals surface area (Å²) in [5, 5.41) is 11.9. The molecule has 2 bridgehead atoms. The summed E-state index contributed by atoms with van der Waals surface area (Å²) in [4.78, 5) is 16.6. The zero-order chi connectivity index (χ0) is 15.6. The number of halogens is 1. The molecule has 24 heavy (non-hydrogen) atoms. The highest BCUT2D eigenvalue weighted by Gasteiger charge is 2.48. The van der Waals surface area contributed by atoms with Gasteiger partial charge in [0.1, 0.15) is 5.52 Å². The fourth-order valence-corrected chi connectivity index (χ4v) is 4.62. The van der Waals surface area contributed by atoms with Gasteiger partial charge in [0.2, 0.25) is 5.78 Å². The number of nitrogens with zero attached hydrogens (tertiary/aromatic N) is 1. The topological polar surface area (TPSA) is 57.0 Å². The van der Waals surface area contributed by atoms with Gasteiger partial charge in [-0.3, -0.25) is 4.79 Å². The third-order valence-corrected chi connectivity index (χ3v) is 5.81. The van der Waals surface area contributed by atoms with Crippen molar-refractivity contribution >= 4 is 27.6 Å². The maximum atomic E-state index is 13.1. The van der Waals surface area contributed by atoms with Gasteiger partial charge in [-0.1, -0.05) is 18.2 Å². The van der Waals surface area contributed by atoms with Crippen LogP contribution in [0.25, 0.3) is 21.8 Å². The Morgan fingerprint density at radius 3 is 2.83 bits per heavy atom. The SMILES string of the molecule is O=C1c2c3[nH]c4ccccc4c3cc[n+]2[C@@H]2CC[C@H](CO)[C@H]1C2.[Cl-]. The highest BCUT2D eigenvalue weighted by molar-refractivity contribution is 6.14. The van der Waals surface area contributed by atoms with E-state index in [4.69, 9.17) is 0 Å². The Hall–Kier alpha value is -1.91. The van der Waals surface area contributed by atoms with Gasteiger partial charge < -0.3 is 22.5 Å². The number of aromatic nitrogens is 2. The number of rotatable bonds is 1. The van der Waals surface area contributed by atoms with E-state index in [1.165, 1.54) is 0 Å². The molecule has 124 valence electrons. The molecule has 2 aliphatic rings. The number of hydrogen-bond acceptors (Lipinski definition) is 2. The van der Waals surface area contributed by atoms with Crippen LogP contribution < -0.4 is 17.0 Å². The van der Waals surface area contributed by atoms with E-state index in [0.717, 1.165) is 46.8 Å². The van der Waals surface area contributed by atoms with E-state index in [0.29, 0.717) is 6.04 Å². The van der Waals surface area contributed by atoms with E-state index in [2.05, 4.69) is 33.9 Å². The summed E-state index contributed by atoms with van der Waals surface area (Å²) in [7, 11) is 0. The number of fused-ring (bicyclic) bond motifs is 8. The second kappa shape index (κ2) is 5.57. The number of pyridine rings is 1. The number of ketones is 1. The molecular formula is C19H19ClN2O2. The summed E-state index contributed by atoms with van der Waals surface area (Å²) in [6.07, 6.45) is 4.93. The normalized spacial score (nSPS) is 25.5. The molecule has 0 saturated heterocycles. The average Bonchev–Trinajstić information content (AvgIpc) is 2.98. The van der Waals surface area contributed by atoms with E-state index in [1.54, 1.807) is 0 Å². The molecule has 3 atom stereocenters. The zero-order valence-corrected chi connectivity index (χ0v) is 14.0. The first-order valence-electron chi connectivity index (χ1n) is 8.37. The summed E-state index contributed by atoms with van der Waals surface area (Å²) in [6, 6.07) is 10.7. The number of carbonyl (C=O) groups is 1. The largest absolute Gasteiger partial charge is 1.00 e. The zero-order valence-electron chi connectivity index (χ0n) is 13.2. The Balaban J connectivity index is 0.00000146. The molecule has 1 fully saturated rings. The van der Waals surface area contributed by atoms with Crippen molar-refractivity contribution < 1.29 is 26.9 Å². The minimum Gasteiger partial charge on any atom is -1.00 e. The summed E-state index contributed by atoms with van der Waals surface area (Å²) in [5.41, 5.74) is 2.82. The van der Waals surface area contributed by atoms with Gasteiger partial charge in [-0.2, -0.15) is 4.57 Å². The van der Waals surface area contributed by atoms with Gasteiger partial charge in [0.05, 0.1) is 0 Å². The molecular weight excluding hydrogens is 324 g/mol. The number of para-hydroxylation sites is 1. The molecule has 1 aromatic carbocycles. The number of aliphatic hydroxyl groups excluding tert-OH is 1. The summed E-state index contributed by atoms with van der Waals surface area (Å²) in [6.45, 7) is 0.117. The molecule has 1 aliphatic heterocycles. The quantitative estimate of drug-likeness (QED) is 0.600. The fraction of sp³-hybridized carbons (Fsp3) is 0.368. The van der Waals surface area contributed by atoms with Gasteiger partial charge in [0.25, 0.3) is 5.69 Å². The van der Waals surface area contributed by atoms with E-state index >= 15 is 0 Å². The summed E-state index contributed by atoms with van der Waals surface area (Å²) in [5.74, 6) is 0.278. The Labute approximate surface area is 145 Å². The predicted molar refractivity (Wildman–Crippen MR) is 87.3 cm³/mol. The molecule has 3 heterocycles. The van der Waals surface area contributed by atoms with Crippen LogP contribution in [0.3, 0.4) is 0 Å². The van der Waals surface area contributed by atoms with Crippen LogP contribution in [0.1, 0.15) is 35.8 Å². The number of benzene rings is 1. The first-order chi connectivity index (χ1) is 11.3. The number of aromatic amines is 1. The molecule has 1 saturated carbocycles. The maximum absolute atomic E-state index is 13.1.